The third-order valence-electron chi connectivity index (χ3n) is 6.32. The van der Waals surface area contributed by atoms with Gasteiger partial charge in [0.2, 0.25) is 15.9 Å². The molecule has 2 fully saturated rings. The Labute approximate surface area is 196 Å². The molecule has 0 radical (unpaired) electrons. The van der Waals surface area contributed by atoms with Crippen LogP contribution in [0.2, 0.25) is 5.15 Å². The van der Waals surface area contributed by atoms with Gasteiger partial charge in [-0.3, -0.25) is 4.79 Å². The van der Waals surface area contributed by atoms with Crippen molar-refractivity contribution in [3.05, 3.63) is 35.0 Å². The van der Waals surface area contributed by atoms with Crippen LogP contribution in [-0.2, 0) is 14.8 Å². The first kappa shape index (κ1) is 24.1. The van der Waals surface area contributed by atoms with Crippen molar-refractivity contribution >= 4 is 27.5 Å². The highest BCUT2D eigenvalue weighted by atomic mass is 35.5. The number of carbonyl (C=O) groups excluding carboxylic acids is 1. The van der Waals surface area contributed by atoms with Gasteiger partial charge in [-0.2, -0.15) is 0 Å². The van der Waals surface area contributed by atoms with Gasteiger partial charge in [0.05, 0.1) is 23.2 Å². The SMILES string of the molecule is C[C@H]1CN(S(=O)(=O)CCC(=O)NCC2(O)CC2)CC[C@H]1c1[nH]c(-c2ccc(F)cn2)nc1Cl. The highest BCUT2D eigenvalue weighted by molar-refractivity contribution is 7.89. The van der Waals surface area contributed by atoms with Gasteiger partial charge >= 0.3 is 0 Å². The fourth-order valence-corrected chi connectivity index (χ4v) is 5.88. The molecule has 1 aliphatic heterocycles. The molecule has 3 heterocycles. The molecule has 4 rings (SSSR count). The zero-order valence-electron chi connectivity index (χ0n) is 18.2. The Kier molecular flexibility index (Phi) is 6.77. The predicted molar refractivity (Wildman–Crippen MR) is 120 cm³/mol. The van der Waals surface area contributed by atoms with Gasteiger partial charge in [-0.05, 0) is 37.3 Å². The van der Waals surface area contributed by atoms with E-state index in [2.05, 4.69) is 20.3 Å². The molecule has 9 nitrogen and oxygen atoms in total. The molecule has 12 heteroatoms. The summed E-state index contributed by atoms with van der Waals surface area (Å²) in [6, 6.07) is 2.80. The molecule has 2 aromatic rings. The van der Waals surface area contributed by atoms with Crippen LogP contribution in [-0.4, -0.2) is 69.7 Å². The van der Waals surface area contributed by atoms with E-state index in [0.29, 0.717) is 54.7 Å². The number of amides is 1. The summed E-state index contributed by atoms with van der Waals surface area (Å²) in [5, 5.41) is 12.7. The van der Waals surface area contributed by atoms with Crippen molar-refractivity contribution in [2.45, 2.75) is 44.1 Å². The number of aliphatic hydroxyl groups is 1. The van der Waals surface area contributed by atoms with E-state index >= 15 is 0 Å². The lowest BCUT2D eigenvalue weighted by Crippen LogP contribution is -2.44. The topological polar surface area (TPSA) is 128 Å². The van der Waals surface area contributed by atoms with E-state index in [-0.39, 0.29) is 36.5 Å². The number of sulfonamides is 1. The average molecular weight is 500 g/mol. The van der Waals surface area contributed by atoms with E-state index in [1.165, 1.54) is 16.4 Å². The maximum atomic E-state index is 13.1. The van der Waals surface area contributed by atoms with Crippen LogP contribution < -0.4 is 5.32 Å². The first-order valence-electron chi connectivity index (χ1n) is 10.9. The second-order valence-electron chi connectivity index (χ2n) is 8.95. The van der Waals surface area contributed by atoms with Crippen LogP contribution in [0.15, 0.2) is 18.3 Å². The van der Waals surface area contributed by atoms with Crippen LogP contribution in [0.3, 0.4) is 0 Å². The summed E-state index contributed by atoms with van der Waals surface area (Å²) in [7, 11) is -3.60. The van der Waals surface area contributed by atoms with Gasteiger partial charge in [-0.15, -0.1) is 0 Å². The number of aromatic amines is 1. The Hall–Kier alpha value is -2.08. The number of H-pyrrole nitrogens is 1. The van der Waals surface area contributed by atoms with E-state index < -0.39 is 21.4 Å². The number of hydrogen-bond acceptors (Lipinski definition) is 6. The van der Waals surface area contributed by atoms with Crippen molar-refractivity contribution in [1.82, 2.24) is 24.6 Å². The fraction of sp³-hybridized carbons (Fsp3) is 0.571. The first-order chi connectivity index (χ1) is 15.6. The zero-order chi connectivity index (χ0) is 23.8. The number of piperidine rings is 1. The number of halogens is 2. The fourth-order valence-electron chi connectivity index (χ4n) is 4.06. The molecule has 0 unspecified atom stereocenters. The summed E-state index contributed by atoms with van der Waals surface area (Å²) < 4.78 is 40.1. The lowest BCUT2D eigenvalue weighted by molar-refractivity contribution is -0.121. The molecule has 1 aliphatic carbocycles. The van der Waals surface area contributed by atoms with Crippen molar-refractivity contribution in [2.75, 3.05) is 25.4 Å². The maximum Gasteiger partial charge on any atom is 0.221 e. The number of hydrogen-bond donors (Lipinski definition) is 3. The zero-order valence-corrected chi connectivity index (χ0v) is 19.8. The summed E-state index contributed by atoms with van der Waals surface area (Å²) in [4.78, 5) is 23.5. The lowest BCUT2D eigenvalue weighted by Gasteiger charge is -2.35. The van der Waals surface area contributed by atoms with Crippen molar-refractivity contribution in [3.63, 3.8) is 0 Å². The molecule has 1 saturated carbocycles. The Morgan fingerprint density at radius 3 is 2.82 bits per heavy atom. The van der Waals surface area contributed by atoms with Gasteiger partial charge in [0.1, 0.15) is 11.5 Å². The minimum atomic E-state index is -3.60. The molecule has 1 saturated heterocycles. The van der Waals surface area contributed by atoms with E-state index in [1.807, 2.05) is 6.92 Å². The Morgan fingerprint density at radius 1 is 1.42 bits per heavy atom. The summed E-state index contributed by atoms with van der Waals surface area (Å²) in [6.07, 6.45) is 2.80. The molecule has 180 valence electrons. The standard InChI is InChI=1S/C21H27ClFN5O4S/c1-13-11-28(33(31,32)9-5-17(29)25-12-21(30)6-7-21)8-4-15(13)18-19(22)27-20(26-18)16-3-2-14(23)10-24-16/h2-3,10,13,15,30H,4-9,11-12H2,1H3,(H,25,29)(H,26,27)/t13-,15+/m0/s1. The van der Waals surface area contributed by atoms with Gasteiger partial charge in [0.25, 0.3) is 0 Å². The molecule has 0 aromatic carbocycles. The quantitative estimate of drug-likeness (QED) is 0.510. The van der Waals surface area contributed by atoms with E-state index in [4.69, 9.17) is 11.6 Å². The number of aromatic nitrogens is 3. The normalized spacial score (nSPS) is 22.8. The number of pyridine rings is 1. The number of rotatable bonds is 8. The summed E-state index contributed by atoms with van der Waals surface area (Å²) in [5.41, 5.74) is 0.357. The van der Waals surface area contributed by atoms with Gasteiger partial charge in [-0.25, -0.2) is 27.1 Å². The van der Waals surface area contributed by atoms with Gasteiger partial charge in [0, 0.05) is 32.0 Å². The smallest absolute Gasteiger partial charge is 0.221 e. The lowest BCUT2D eigenvalue weighted by atomic mass is 9.86. The molecule has 1 amide bonds. The molecule has 2 aliphatic rings. The third kappa shape index (κ3) is 5.71. The highest BCUT2D eigenvalue weighted by Crippen LogP contribution is 2.37. The third-order valence-corrected chi connectivity index (χ3v) is 8.44. The van der Waals surface area contributed by atoms with Gasteiger partial charge in [0.15, 0.2) is 11.0 Å². The molecular formula is C21H27ClFN5O4S. The molecule has 0 spiro atoms. The number of nitrogens with zero attached hydrogens (tertiary/aromatic N) is 3. The predicted octanol–water partition coefficient (Wildman–Crippen LogP) is 2.05. The van der Waals surface area contributed by atoms with E-state index in [9.17, 15) is 22.7 Å². The maximum absolute atomic E-state index is 13.1. The Balaban J connectivity index is 1.35. The molecule has 3 N–H and O–H groups in total. The van der Waals surface area contributed by atoms with Crippen LogP contribution >= 0.6 is 11.6 Å². The minimum Gasteiger partial charge on any atom is -0.388 e. The Bertz CT molecular complexity index is 1120. The van der Waals surface area contributed by atoms with Crippen molar-refractivity contribution in [3.8, 4) is 11.5 Å². The molecule has 2 aromatic heterocycles. The largest absolute Gasteiger partial charge is 0.388 e. The van der Waals surface area contributed by atoms with Crippen molar-refractivity contribution in [2.24, 2.45) is 5.92 Å². The monoisotopic (exact) mass is 499 g/mol. The van der Waals surface area contributed by atoms with Crippen LogP contribution in [0.5, 0.6) is 0 Å². The molecular weight excluding hydrogens is 473 g/mol. The summed E-state index contributed by atoms with van der Waals surface area (Å²) in [6.45, 7) is 2.71. The number of nitrogens with one attached hydrogen (secondary N) is 2. The second-order valence-corrected chi connectivity index (χ2v) is 11.4. The van der Waals surface area contributed by atoms with Crippen LogP contribution in [0, 0.1) is 11.7 Å². The number of imidazole rings is 1. The van der Waals surface area contributed by atoms with Crippen LogP contribution in [0.1, 0.15) is 44.2 Å². The first-order valence-corrected chi connectivity index (χ1v) is 12.9. The van der Waals surface area contributed by atoms with E-state index in [0.717, 1.165) is 6.20 Å². The summed E-state index contributed by atoms with van der Waals surface area (Å²) >= 11 is 6.36. The summed E-state index contributed by atoms with van der Waals surface area (Å²) in [5.74, 6) is -0.754. The van der Waals surface area contributed by atoms with Gasteiger partial charge in [-0.1, -0.05) is 18.5 Å². The molecule has 0 bridgehead atoms. The van der Waals surface area contributed by atoms with Crippen molar-refractivity contribution < 1.29 is 22.7 Å². The van der Waals surface area contributed by atoms with Gasteiger partial charge < -0.3 is 15.4 Å². The average Bonchev–Trinajstić information content (AvgIpc) is 3.40. The second kappa shape index (κ2) is 9.28. The van der Waals surface area contributed by atoms with Crippen LogP contribution in [0.4, 0.5) is 4.39 Å². The number of carbonyl (C=O) groups is 1. The minimum absolute atomic E-state index is 0.0340. The highest BCUT2D eigenvalue weighted by Gasteiger charge is 2.40. The Morgan fingerprint density at radius 2 is 2.18 bits per heavy atom. The van der Waals surface area contributed by atoms with Crippen molar-refractivity contribution in [1.29, 1.82) is 0 Å². The van der Waals surface area contributed by atoms with Crippen LogP contribution in [0.25, 0.3) is 11.5 Å². The molecule has 33 heavy (non-hydrogen) atoms. The molecule has 2 atom stereocenters. The van der Waals surface area contributed by atoms with E-state index in [1.54, 1.807) is 0 Å².